The number of carbonyl (C=O) groups excluding carboxylic acids is 2. The standard InChI is InChI=1S/C21H24N4O4/c1-13-3-9-16(10-4-13)25-11-2-12-29-18(21(25)28)17(26)20(27)24-15-7-5-14(6-8-15)19(22)23/h3-10,17-18,26H,2,11-12H2,1H3,(H3,22,23)(H,24,27)/t17-,18?/m1/s1. The number of aliphatic hydroxyl groups is 1. The number of amidine groups is 1. The van der Waals surface area contributed by atoms with Crippen molar-refractivity contribution in [3.8, 4) is 0 Å². The Hall–Kier alpha value is -3.23. The molecule has 0 radical (unpaired) electrons. The molecular formula is C21H24N4O4. The van der Waals surface area contributed by atoms with Crippen LogP contribution in [-0.4, -0.2) is 48.1 Å². The van der Waals surface area contributed by atoms with E-state index < -0.39 is 24.0 Å². The zero-order chi connectivity index (χ0) is 21.0. The maximum Gasteiger partial charge on any atom is 0.259 e. The number of nitrogens with zero attached hydrogens (tertiary/aromatic N) is 1. The minimum Gasteiger partial charge on any atom is -0.384 e. The second-order valence-electron chi connectivity index (χ2n) is 6.90. The van der Waals surface area contributed by atoms with Crippen molar-refractivity contribution in [2.45, 2.75) is 25.6 Å². The summed E-state index contributed by atoms with van der Waals surface area (Å²) in [5, 5.41) is 20.5. The zero-order valence-corrected chi connectivity index (χ0v) is 16.1. The molecule has 29 heavy (non-hydrogen) atoms. The van der Waals surface area contributed by atoms with Crippen LogP contribution in [0.5, 0.6) is 0 Å². The molecule has 1 heterocycles. The first kappa shape index (κ1) is 20.5. The topological polar surface area (TPSA) is 129 Å². The van der Waals surface area contributed by atoms with Gasteiger partial charge in [0.05, 0.1) is 0 Å². The summed E-state index contributed by atoms with van der Waals surface area (Å²) in [5.74, 6) is -1.29. The van der Waals surface area contributed by atoms with Gasteiger partial charge in [-0.15, -0.1) is 0 Å². The van der Waals surface area contributed by atoms with E-state index in [9.17, 15) is 14.7 Å². The number of nitrogens with two attached hydrogens (primary N) is 1. The lowest BCUT2D eigenvalue weighted by atomic mass is 10.1. The number of aryl methyl sites for hydroxylation is 1. The average molecular weight is 396 g/mol. The van der Waals surface area contributed by atoms with E-state index in [1.54, 1.807) is 24.3 Å². The first-order chi connectivity index (χ1) is 13.9. The number of hydrogen-bond acceptors (Lipinski definition) is 5. The van der Waals surface area contributed by atoms with Gasteiger partial charge in [0.25, 0.3) is 11.8 Å². The van der Waals surface area contributed by atoms with Crippen molar-refractivity contribution in [2.75, 3.05) is 23.4 Å². The van der Waals surface area contributed by atoms with E-state index in [0.29, 0.717) is 29.9 Å². The number of nitrogen functional groups attached to an aromatic ring is 1. The van der Waals surface area contributed by atoms with Crippen molar-refractivity contribution in [3.05, 3.63) is 59.7 Å². The highest BCUT2D eigenvalue weighted by Gasteiger charge is 2.38. The molecule has 0 bridgehead atoms. The molecule has 1 aliphatic heterocycles. The summed E-state index contributed by atoms with van der Waals surface area (Å²) in [4.78, 5) is 27.0. The monoisotopic (exact) mass is 396 g/mol. The lowest BCUT2D eigenvalue weighted by Crippen LogP contribution is -2.49. The van der Waals surface area contributed by atoms with E-state index >= 15 is 0 Å². The molecule has 0 aromatic heterocycles. The van der Waals surface area contributed by atoms with Crippen molar-refractivity contribution >= 4 is 29.0 Å². The summed E-state index contributed by atoms with van der Waals surface area (Å²) in [5.41, 5.74) is 8.10. The molecule has 8 nitrogen and oxygen atoms in total. The third-order valence-electron chi connectivity index (χ3n) is 4.70. The van der Waals surface area contributed by atoms with Gasteiger partial charge in [0.15, 0.2) is 12.2 Å². The molecule has 5 N–H and O–H groups in total. The van der Waals surface area contributed by atoms with Gasteiger partial charge in [0, 0.05) is 30.1 Å². The summed E-state index contributed by atoms with van der Waals surface area (Å²) in [6, 6.07) is 13.8. The fraction of sp³-hybridized carbons (Fsp3) is 0.286. The van der Waals surface area contributed by atoms with Crippen LogP contribution in [0.25, 0.3) is 0 Å². The third-order valence-corrected chi connectivity index (χ3v) is 4.70. The van der Waals surface area contributed by atoms with E-state index in [1.807, 2.05) is 31.2 Å². The fourth-order valence-corrected chi connectivity index (χ4v) is 3.06. The van der Waals surface area contributed by atoms with Crippen LogP contribution in [0, 0.1) is 12.3 Å². The molecule has 152 valence electrons. The normalized spacial score (nSPS) is 18.1. The van der Waals surface area contributed by atoms with Crippen molar-refractivity contribution in [2.24, 2.45) is 5.73 Å². The van der Waals surface area contributed by atoms with Crippen LogP contribution in [0.2, 0.25) is 0 Å². The number of aliphatic hydroxyl groups excluding tert-OH is 1. The Morgan fingerprint density at radius 1 is 1.24 bits per heavy atom. The van der Waals surface area contributed by atoms with Gasteiger partial charge in [0.1, 0.15) is 5.84 Å². The van der Waals surface area contributed by atoms with Crippen LogP contribution in [-0.2, 0) is 14.3 Å². The molecule has 2 atom stereocenters. The van der Waals surface area contributed by atoms with Crippen molar-refractivity contribution in [1.29, 1.82) is 5.41 Å². The predicted octanol–water partition coefficient (Wildman–Crippen LogP) is 1.40. The van der Waals surface area contributed by atoms with Crippen LogP contribution < -0.4 is 16.0 Å². The molecule has 2 amide bonds. The summed E-state index contributed by atoms with van der Waals surface area (Å²) in [6.45, 7) is 2.66. The van der Waals surface area contributed by atoms with Gasteiger partial charge in [-0.2, -0.15) is 0 Å². The number of benzene rings is 2. The summed E-state index contributed by atoms with van der Waals surface area (Å²) in [7, 11) is 0. The maximum absolute atomic E-state index is 13.0. The Labute approximate surface area is 168 Å². The van der Waals surface area contributed by atoms with Crippen LogP contribution in [0.15, 0.2) is 48.5 Å². The van der Waals surface area contributed by atoms with Gasteiger partial charge in [-0.3, -0.25) is 15.0 Å². The average Bonchev–Trinajstić information content (AvgIpc) is 2.90. The minimum atomic E-state index is -1.67. The second kappa shape index (κ2) is 8.85. The summed E-state index contributed by atoms with van der Waals surface area (Å²) >= 11 is 0. The molecule has 0 aliphatic carbocycles. The van der Waals surface area contributed by atoms with E-state index in [1.165, 1.54) is 4.90 Å². The van der Waals surface area contributed by atoms with E-state index in [2.05, 4.69) is 5.32 Å². The molecule has 1 unspecified atom stereocenters. The molecule has 3 rings (SSSR count). The van der Waals surface area contributed by atoms with Crippen LogP contribution >= 0.6 is 0 Å². The van der Waals surface area contributed by atoms with Gasteiger partial charge in [0.2, 0.25) is 0 Å². The third kappa shape index (κ3) is 4.79. The SMILES string of the molecule is Cc1ccc(N2CCCOC([C@@H](O)C(=O)Nc3ccc(C(=N)N)cc3)C2=O)cc1. The summed E-state index contributed by atoms with van der Waals surface area (Å²) in [6.07, 6.45) is -2.37. The number of amides is 2. The molecule has 1 saturated heterocycles. The molecule has 8 heteroatoms. The molecule has 0 saturated carbocycles. The van der Waals surface area contributed by atoms with Gasteiger partial charge < -0.3 is 25.8 Å². The van der Waals surface area contributed by atoms with E-state index in [0.717, 1.165) is 5.56 Å². The van der Waals surface area contributed by atoms with Crippen molar-refractivity contribution < 1.29 is 19.4 Å². The predicted molar refractivity (Wildman–Crippen MR) is 110 cm³/mol. The van der Waals surface area contributed by atoms with Gasteiger partial charge in [-0.1, -0.05) is 17.7 Å². The Balaban J connectivity index is 1.72. The highest BCUT2D eigenvalue weighted by molar-refractivity contribution is 6.03. The number of ether oxygens (including phenoxy) is 1. The van der Waals surface area contributed by atoms with Crippen LogP contribution in [0.1, 0.15) is 17.5 Å². The largest absolute Gasteiger partial charge is 0.384 e. The Kier molecular flexibility index (Phi) is 6.26. The molecule has 2 aromatic carbocycles. The molecule has 1 fully saturated rings. The Morgan fingerprint density at radius 2 is 1.90 bits per heavy atom. The number of rotatable bonds is 5. The highest BCUT2D eigenvalue weighted by Crippen LogP contribution is 2.21. The number of hydrogen-bond donors (Lipinski definition) is 4. The lowest BCUT2D eigenvalue weighted by Gasteiger charge is -2.26. The van der Waals surface area contributed by atoms with Crippen LogP contribution in [0.4, 0.5) is 11.4 Å². The number of carbonyl (C=O) groups is 2. The van der Waals surface area contributed by atoms with Crippen molar-refractivity contribution in [1.82, 2.24) is 0 Å². The first-order valence-corrected chi connectivity index (χ1v) is 9.30. The zero-order valence-electron chi connectivity index (χ0n) is 16.1. The van der Waals surface area contributed by atoms with E-state index in [-0.39, 0.29) is 12.4 Å². The second-order valence-corrected chi connectivity index (χ2v) is 6.90. The minimum absolute atomic E-state index is 0.0865. The molecule has 1 aliphatic rings. The molecule has 2 aromatic rings. The highest BCUT2D eigenvalue weighted by atomic mass is 16.5. The van der Waals surface area contributed by atoms with E-state index in [4.69, 9.17) is 15.9 Å². The fourth-order valence-electron chi connectivity index (χ4n) is 3.06. The van der Waals surface area contributed by atoms with Crippen molar-refractivity contribution in [3.63, 3.8) is 0 Å². The Morgan fingerprint density at radius 3 is 2.52 bits per heavy atom. The van der Waals surface area contributed by atoms with Gasteiger partial charge in [-0.05, 0) is 49.7 Å². The van der Waals surface area contributed by atoms with Gasteiger partial charge in [-0.25, -0.2) is 0 Å². The quantitative estimate of drug-likeness (QED) is 0.449. The van der Waals surface area contributed by atoms with Crippen LogP contribution in [0.3, 0.4) is 0 Å². The number of anilines is 2. The van der Waals surface area contributed by atoms with Gasteiger partial charge >= 0.3 is 0 Å². The lowest BCUT2D eigenvalue weighted by molar-refractivity contribution is -0.145. The number of nitrogens with one attached hydrogen (secondary N) is 2. The molecular weight excluding hydrogens is 372 g/mol. The maximum atomic E-state index is 13.0. The smallest absolute Gasteiger partial charge is 0.259 e. The Bertz CT molecular complexity index is 896. The first-order valence-electron chi connectivity index (χ1n) is 9.30. The molecule has 0 spiro atoms. The summed E-state index contributed by atoms with van der Waals surface area (Å²) < 4.78 is 5.52.